The Kier molecular flexibility index (Phi) is 5.76. The number of amides is 2. The summed E-state index contributed by atoms with van der Waals surface area (Å²) in [6, 6.07) is 14.2. The first-order chi connectivity index (χ1) is 10.9. The minimum absolute atomic E-state index is 0.138. The predicted molar refractivity (Wildman–Crippen MR) is 93.6 cm³/mol. The molecule has 0 heterocycles. The SMILES string of the molecule is CC(=O)Nc1ccc(OC(C)C(=O)Nc2cccc(Br)c2)cc1. The van der Waals surface area contributed by atoms with Crippen LogP contribution in [0.1, 0.15) is 13.8 Å². The molecule has 0 aromatic heterocycles. The highest BCUT2D eigenvalue weighted by Crippen LogP contribution is 2.19. The van der Waals surface area contributed by atoms with E-state index in [1.807, 2.05) is 18.2 Å². The average Bonchev–Trinajstić information content (AvgIpc) is 2.48. The minimum Gasteiger partial charge on any atom is -0.481 e. The Morgan fingerprint density at radius 3 is 2.35 bits per heavy atom. The number of carbonyl (C=O) groups excluding carboxylic acids is 2. The van der Waals surface area contributed by atoms with Gasteiger partial charge in [-0.25, -0.2) is 0 Å². The normalized spacial score (nSPS) is 11.4. The zero-order valence-corrected chi connectivity index (χ0v) is 14.4. The molecule has 0 aliphatic carbocycles. The molecule has 2 N–H and O–H groups in total. The van der Waals surface area contributed by atoms with Gasteiger partial charge in [0.15, 0.2) is 6.10 Å². The summed E-state index contributed by atoms with van der Waals surface area (Å²) in [5.74, 6) is 0.172. The van der Waals surface area contributed by atoms with Crippen molar-refractivity contribution in [1.82, 2.24) is 0 Å². The molecule has 0 saturated heterocycles. The Labute approximate surface area is 143 Å². The molecule has 6 heteroatoms. The third kappa shape index (κ3) is 5.41. The van der Waals surface area contributed by atoms with E-state index < -0.39 is 6.10 Å². The van der Waals surface area contributed by atoms with Gasteiger partial charge in [-0.15, -0.1) is 0 Å². The average molecular weight is 377 g/mol. The van der Waals surface area contributed by atoms with E-state index in [0.29, 0.717) is 17.1 Å². The molecule has 2 aromatic rings. The number of carbonyl (C=O) groups is 2. The van der Waals surface area contributed by atoms with Gasteiger partial charge in [-0.1, -0.05) is 22.0 Å². The van der Waals surface area contributed by atoms with Gasteiger partial charge in [0.1, 0.15) is 5.75 Å². The third-order valence-corrected chi connectivity index (χ3v) is 3.44. The molecule has 2 aromatic carbocycles. The first-order valence-electron chi connectivity index (χ1n) is 7.05. The fourth-order valence-electron chi connectivity index (χ4n) is 1.89. The Balaban J connectivity index is 1.94. The molecular formula is C17H17BrN2O3. The molecule has 2 amide bonds. The third-order valence-electron chi connectivity index (χ3n) is 2.95. The fraction of sp³-hybridized carbons (Fsp3) is 0.176. The molecule has 0 aliphatic heterocycles. The van der Waals surface area contributed by atoms with E-state index in [-0.39, 0.29) is 11.8 Å². The van der Waals surface area contributed by atoms with Gasteiger partial charge in [-0.05, 0) is 49.4 Å². The molecular weight excluding hydrogens is 360 g/mol. The minimum atomic E-state index is -0.652. The van der Waals surface area contributed by atoms with Crippen LogP contribution < -0.4 is 15.4 Å². The van der Waals surface area contributed by atoms with Crippen LogP contribution in [0.25, 0.3) is 0 Å². The molecule has 23 heavy (non-hydrogen) atoms. The lowest BCUT2D eigenvalue weighted by molar-refractivity contribution is -0.122. The molecule has 0 saturated carbocycles. The zero-order valence-electron chi connectivity index (χ0n) is 12.8. The standard InChI is InChI=1S/C17H17BrN2O3/c1-11(17(22)20-15-5-3-4-13(18)10-15)23-16-8-6-14(7-9-16)19-12(2)21/h3-11H,1-2H3,(H,19,21)(H,20,22). The van der Waals surface area contributed by atoms with E-state index in [4.69, 9.17) is 4.74 Å². The van der Waals surface area contributed by atoms with Gasteiger partial charge in [0.25, 0.3) is 5.91 Å². The first kappa shape index (κ1) is 17.0. The zero-order chi connectivity index (χ0) is 16.8. The van der Waals surface area contributed by atoms with Crippen molar-refractivity contribution in [2.45, 2.75) is 20.0 Å². The van der Waals surface area contributed by atoms with Crippen molar-refractivity contribution >= 4 is 39.1 Å². The molecule has 0 spiro atoms. The van der Waals surface area contributed by atoms with Gasteiger partial charge in [0, 0.05) is 22.8 Å². The number of hydrogen-bond acceptors (Lipinski definition) is 3. The molecule has 1 unspecified atom stereocenters. The largest absolute Gasteiger partial charge is 0.481 e. The van der Waals surface area contributed by atoms with Crippen LogP contribution in [0.4, 0.5) is 11.4 Å². The number of nitrogens with one attached hydrogen (secondary N) is 2. The van der Waals surface area contributed by atoms with Crippen LogP contribution in [0, 0.1) is 0 Å². The van der Waals surface area contributed by atoms with Gasteiger partial charge in [-0.3, -0.25) is 9.59 Å². The summed E-state index contributed by atoms with van der Waals surface area (Å²) in [5.41, 5.74) is 1.37. The fourth-order valence-corrected chi connectivity index (χ4v) is 2.29. The highest BCUT2D eigenvalue weighted by Gasteiger charge is 2.15. The lowest BCUT2D eigenvalue weighted by Crippen LogP contribution is -2.30. The summed E-state index contributed by atoms with van der Waals surface area (Å²) >= 11 is 3.35. The van der Waals surface area contributed by atoms with Crippen molar-refractivity contribution < 1.29 is 14.3 Å². The van der Waals surface area contributed by atoms with E-state index >= 15 is 0 Å². The summed E-state index contributed by atoms with van der Waals surface area (Å²) in [6.07, 6.45) is -0.652. The van der Waals surface area contributed by atoms with Crippen LogP contribution in [-0.4, -0.2) is 17.9 Å². The van der Waals surface area contributed by atoms with Gasteiger partial charge in [-0.2, -0.15) is 0 Å². The van der Waals surface area contributed by atoms with E-state index in [9.17, 15) is 9.59 Å². The van der Waals surface area contributed by atoms with Crippen LogP contribution in [0.15, 0.2) is 53.0 Å². The van der Waals surface area contributed by atoms with Crippen LogP contribution >= 0.6 is 15.9 Å². The lowest BCUT2D eigenvalue weighted by Gasteiger charge is -2.15. The topological polar surface area (TPSA) is 67.4 Å². The van der Waals surface area contributed by atoms with Gasteiger partial charge in [0.2, 0.25) is 5.91 Å². The Morgan fingerprint density at radius 2 is 1.74 bits per heavy atom. The molecule has 0 radical (unpaired) electrons. The van der Waals surface area contributed by atoms with E-state index in [1.165, 1.54) is 6.92 Å². The monoisotopic (exact) mass is 376 g/mol. The maximum absolute atomic E-state index is 12.1. The molecule has 5 nitrogen and oxygen atoms in total. The molecule has 120 valence electrons. The number of halogens is 1. The number of rotatable bonds is 5. The first-order valence-corrected chi connectivity index (χ1v) is 7.84. The summed E-state index contributed by atoms with van der Waals surface area (Å²) < 4.78 is 6.49. The Morgan fingerprint density at radius 1 is 1.04 bits per heavy atom. The van der Waals surface area contributed by atoms with E-state index in [2.05, 4.69) is 26.6 Å². The quantitative estimate of drug-likeness (QED) is 0.833. The summed E-state index contributed by atoms with van der Waals surface area (Å²) in [5, 5.41) is 5.46. The van der Waals surface area contributed by atoms with Crippen molar-refractivity contribution in [1.29, 1.82) is 0 Å². The molecule has 0 fully saturated rings. The number of benzene rings is 2. The van der Waals surface area contributed by atoms with Crippen LogP contribution in [-0.2, 0) is 9.59 Å². The van der Waals surface area contributed by atoms with Crippen LogP contribution in [0.5, 0.6) is 5.75 Å². The van der Waals surface area contributed by atoms with Crippen molar-refractivity contribution in [2.24, 2.45) is 0 Å². The Bertz CT molecular complexity index is 701. The van der Waals surface area contributed by atoms with Crippen molar-refractivity contribution in [3.05, 3.63) is 53.0 Å². The van der Waals surface area contributed by atoms with Gasteiger partial charge >= 0.3 is 0 Å². The highest BCUT2D eigenvalue weighted by molar-refractivity contribution is 9.10. The smallest absolute Gasteiger partial charge is 0.265 e. The summed E-state index contributed by atoms with van der Waals surface area (Å²) in [4.78, 5) is 23.1. The maximum Gasteiger partial charge on any atom is 0.265 e. The van der Waals surface area contributed by atoms with Gasteiger partial charge < -0.3 is 15.4 Å². The maximum atomic E-state index is 12.1. The van der Waals surface area contributed by atoms with Crippen molar-refractivity contribution in [3.8, 4) is 5.75 Å². The molecule has 0 bridgehead atoms. The van der Waals surface area contributed by atoms with Crippen molar-refractivity contribution in [3.63, 3.8) is 0 Å². The van der Waals surface area contributed by atoms with Gasteiger partial charge in [0.05, 0.1) is 0 Å². The number of hydrogen-bond donors (Lipinski definition) is 2. The number of anilines is 2. The summed E-state index contributed by atoms with van der Waals surface area (Å²) in [6.45, 7) is 3.12. The van der Waals surface area contributed by atoms with Crippen LogP contribution in [0.3, 0.4) is 0 Å². The van der Waals surface area contributed by atoms with E-state index in [0.717, 1.165) is 4.47 Å². The number of ether oxygens (including phenoxy) is 1. The predicted octanol–water partition coefficient (Wildman–Crippen LogP) is 3.81. The second-order valence-corrected chi connectivity index (χ2v) is 5.88. The molecule has 0 aliphatic rings. The lowest BCUT2D eigenvalue weighted by atomic mass is 10.2. The molecule has 2 rings (SSSR count). The molecule has 1 atom stereocenters. The van der Waals surface area contributed by atoms with Crippen LogP contribution in [0.2, 0.25) is 0 Å². The van der Waals surface area contributed by atoms with E-state index in [1.54, 1.807) is 37.3 Å². The second-order valence-electron chi connectivity index (χ2n) is 4.97. The second kappa shape index (κ2) is 7.78. The summed E-state index contributed by atoms with van der Waals surface area (Å²) in [7, 11) is 0. The van der Waals surface area contributed by atoms with Crippen molar-refractivity contribution in [2.75, 3.05) is 10.6 Å². The highest BCUT2D eigenvalue weighted by atomic mass is 79.9. The Hall–Kier alpha value is -2.34.